The Hall–Kier alpha value is -0.800. The number of nitrogens with zero attached hydrogens (tertiary/aromatic N) is 2. The van der Waals surface area contributed by atoms with Gasteiger partial charge in [0.25, 0.3) is 0 Å². The van der Waals surface area contributed by atoms with Gasteiger partial charge in [-0.1, -0.05) is 13.8 Å². The van der Waals surface area contributed by atoms with Crippen molar-refractivity contribution in [3.8, 4) is 0 Å². The number of hydrogen-bond donors (Lipinski definition) is 0. The first-order valence-corrected chi connectivity index (χ1v) is 7.67. The molecule has 0 amide bonds. The van der Waals surface area contributed by atoms with E-state index in [0.717, 1.165) is 36.1 Å². The lowest BCUT2D eigenvalue weighted by Gasteiger charge is -2.26. The van der Waals surface area contributed by atoms with E-state index in [2.05, 4.69) is 35.8 Å². The second-order valence-corrected chi connectivity index (χ2v) is 6.58. The van der Waals surface area contributed by atoms with E-state index in [0.29, 0.717) is 0 Å². The van der Waals surface area contributed by atoms with Gasteiger partial charge in [-0.25, -0.2) is 0 Å². The second kappa shape index (κ2) is 5.29. The molecule has 3 nitrogen and oxygen atoms in total. The molecule has 2 aliphatic rings. The lowest BCUT2D eigenvalue weighted by atomic mass is 10.1. The average molecular weight is 262 g/mol. The van der Waals surface area contributed by atoms with E-state index >= 15 is 0 Å². The van der Waals surface area contributed by atoms with Gasteiger partial charge in [-0.05, 0) is 37.8 Å². The van der Waals surface area contributed by atoms with Crippen molar-refractivity contribution < 1.29 is 4.42 Å². The third-order valence-electron chi connectivity index (χ3n) is 4.56. The molecular weight excluding hydrogens is 236 g/mol. The van der Waals surface area contributed by atoms with Crippen LogP contribution in [0.25, 0.3) is 0 Å². The summed E-state index contributed by atoms with van der Waals surface area (Å²) in [5.74, 6) is 2.93. The first-order chi connectivity index (χ1) is 9.13. The number of rotatable bonds is 4. The zero-order chi connectivity index (χ0) is 13.4. The summed E-state index contributed by atoms with van der Waals surface area (Å²) in [6, 6.07) is 5.74. The Balaban J connectivity index is 1.61. The van der Waals surface area contributed by atoms with Crippen LogP contribution in [0.15, 0.2) is 16.5 Å². The van der Waals surface area contributed by atoms with Gasteiger partial charge in [0, 0.05) is 31.7 Å². The Morgan fingerprint density at radius 3 is 2.47 bits per heavy atom. The number of aryl methyl sites for hydroxylation is 1. The maximum atomic E-state index is 5.73. The molecular formula is C16H26N2O. The van der Waals surface area contributed by atoms with Crippen molar-refractivity contribution in [2.45, 2.75) is 52.2 Å². The largest absolute Gasteiger partial charge is 0.465 e. The molecule has 0 radical (unpaired) electrons. The Morgan fingerprint density at radius 2 is 1.84 bits per heavy atom. The summed E-state index contributed by atoms with van der Waals surface area (Å²) in [4.78, 5) is 5.34. The highest BCUT2D eigenvalue weighted by Crippen LogP contribution is 2.33. The van der Waals surface area contributed by atoms with Gasteiger partial charge in [-0.2, -0.15) is 0 Å². The van der Waals surface area contributed by atoms with Gasteiger partial charge in [0.15, 0.2) is 0 Å². The van der Waals surface area contributed by atoms with Crippen LogP contribution < -0.4 is 0 Å². The van der Waals surface area contributed by atoms with E-state index in [1.807, 2.05) is 6.92 Å². The van der Waals surface area contributed by atoms with Crippen molar-refractivity contribution >= 4 is 0 Å². The lowest BCUT2D eigenvalue weighted by molar-refractivity contribution is 0.196. The number of furan rings is 1. The minimum absolute atomic E-state index is 0.754. The molecule has 3 heteroatoms. The van der Waals surface area contributed by atoms with Crippen LogP contribution in [0, 0.1) is 12.8 Å². The third kappa shape index (κ3) is 2.72. The standard InChI is InChI=1S/C16H26N2O/c1-12(2)10-17-8-6-16-15(17)7-9-18(16)11-14-5-4-13(3)19-14/h4-5,12,15-16H,6-11H2,1-3H3/t15-,16+/m1/s1. The van der Waals surface area contributed by atoms with Crippen molar-refractivity contribution in [1.82, 2.24) is 9.80 Å². The van der Waals surface area contributed by atoms with Gasteiger partial charge < -0.3 is 4.42 Å². The van der Waals surface area contributed by atoms with Gasteiger partial charge in [-0.3, -0.25) is 9.80 Å². The molecule has 2 aliphatic heterocycles. The molecule has 0 N–H and O–H groups in total. The van der Waals surface area contributed by atoms with Gasteiger partial charge in [0.1, 0.15) is 11.5 Å². The van der Waals surface area contributed by atoms with Crippen LogP contribution in [-0.4, -0.2) is 41.5 Å². The van der Waals surface area contributed by atoms with E-state index in [1.165, 1.54) is 32.5 Å². The molecule has 0 spiro atoms. The van der Waals surface area contributed by atoms with Crippen LogP contribution in [0.1, 0.15) is 38.2 Å². The van der Waals surface area contributed by atoms with Crippen LogP contribution in [0.2, 0.25) is 0 Å². The molecule has 1 aromatic rings. The first-order valence-electron chi connectivity index (χ1n) is 7.67. The van der Waals surface area contributed by atoms with E-state index < -0.39 is 0 Å². The highest BCUT2D eigenvalue weighted by atomic mass is 16.3. The molecule has 0 bridgehead atoms. The van der Waals surface area contributed by atoms with Crippen molar-refractivity contribution in [3.63, 3.8) is 0 Å². The highest BCUT2D eigenvalue weighted by Gasteiger charge is 2.42. The number of fused-ring (bicyclic) bond motifs is 1. The topological polar surface area (TPSA) is 19.6 Å². The predicted octanol–water partition coefficient (Wildman–Crippen LogP) is 2.89. The van der Waals surface area contributed by atoms with Crippen molar-refractivity contribution in [2.75, 3.05) is 19.6 Å². The maximum Gasteiger partial charge on any atom is 0.118 e. The molecule has 106 valence electrons. The fraction of sp³-hybridized carbons (Fsp3) is 0.750. The summed E-state index contributed by atoms with van der Waals surface area (Å²) < 4.78 is 5.73. The minimum Gasteiger partial charge on any atom is -0.465 e. The Kier molecular flexibility index (Phi) is 3.68. The fourth-order valence-electron chi connectivity index (χ4n) is 3.83. The lowest BCUT2D eigenvalue weighted by Crippen LogP contribution is -2.37. The van der Waals surface area contributed by atoms with Crippen molar-refractivity contribution in [2.24, 2.45) is 5.92 Å². The third-order valence-corrected chi connectivity index (χ3v) is 4.56. The molecule has 0 unspecified atom stereocenters. The first kappa shape index (κ1) is 13.2. The molecule has 0 aliphatic carbocycles. The zero-order valence-corrected chi connectivity index (χ0v) is 12.4. The number of likely N-dealkylation sites (tertiary alicyclic amines) is 2. The average Bonchev–Trinajstić information content (AvgIpc) is 3.00. The van der Waals surface area contributed by atoms with Crippen molar-refractivity contribution in [3.05, 3.63) is 23.7 Å². The maximum absolute atomic E-state index is 5.73. The fourth-order valence-corrected chi connectivity index (χ4v) is 3.83. The Labute approximate surface area is 116 Å². The zero-order valence-electron chi connectivity index (χ0n) is 12.4. The molecule has 1 aromatic heterocycles. The smallest absolute Gasteiger partial charge is 0.118 e. The number of hydrogen-bond acceptors (Lipinski definition) is 3. The summed E-state index contributed by atoms with van der Waals surface area (Å²) in [5, 5.41) is 0. The Bertz CT molecular complexity index is 426. The SMILES string of the molecule is Cc1ccc(CN2CC[C@@H]3[C@@H]2CCN3CC(C)C)o1. The monoisotopic (exact) mass is 262 g/mol. The molecule has 19 heavy (non-hydrogen) atoms. The summed E-state index contributed by atoms with van der Waals surface area (Å²) in [7, 11) is 0. The van der Waals surface area contributed by atoms with Gasteiger partial charge in [-0.15, -0.1) is 0 Å². The normalized spacial score (nSPS) is 28.4. The van der Waals surface area contributed by atoms with Gasteiger partial charge in [0.2, 0.25) is 0 Å². The Morgan fingerprint density at radius 1 is 1.16 bits per heavy atom. The van der Waals surface area contributed by atoms with E-state index in [9.17, 15) is 0 Å². The molecule has 3 rings (SSSR count). The van der Waals surface area contributed by atoms with Crippen LogP contribution in [0.5, 0.6) is 0 Å². The van der Waals surface area contributed by atoms with Crippen LogP contribution in [0.3, 0.4) is 0 Å². The second-order valence-electron chi connectivity index (χ2n) is 6.58. The van der Waals surface area contributed by atoms with Crippen LogP contribution in [-0.2, 0) is 6.54 Å². The predicted molar refractivity (Wildman–Crippen MR) is 77.1 cm³/mol. The van der Waals surface area contributed by atoms with Crippen LogP contribution in [0.4, 0.5) is 0 Å². The molecule has 0 saturated carbocycles. The molecule has 0 aromatic carbocycles. The summed E-state index contributed by atoms with van der Waals surface area (Å²) >= 11 is 0. The molecule has 2 saturated heterocycles. The van der Waals surface area contributed by atoms with E-state index in [1.54, 1.807) is 0 Å². The molecule has 2 fully saturated rings. The molecule has 2 atom stereocenters. The minimum atomic E-state index is 0.754. The van der Waals surface area contributed by atoms with Gasteiger partial charge in [0.05, 0.1) is 6.54 Å². The van der Waals surface area contributed by atoms with E-state index in [-0.39, 0.29) is 0 Å². The van der Waals surface area contributed by atoms with Crippen molar-refractivity contribution in [1.29, 1.82) is 0 Å². The van der Waals surface area contributed by atoms with Crippen LogP contribution >= 0.6 is 0 Å². The summed E-state index contributed by atoms with van der Waals surface area (Å²) in [6.45, 7) is 11.4. The highest BCUT2D eigenvalue weighted by molar-refractivity contribution is 5.07. The van der Waals surface area contributed by atoms with Gasteiger partial charge >= 0.3 is 0 Å². The summed E-state index contributed by atoms with van der Waals surface area (Å²) in [6.07, 6.45) is 2.66. The quantitative estimate of drug-likeness (QED) is 0.832. The summed E-state index contributed by atoms with van der Waals surface area (Å²) in [5.41, 5.74) is 0. The van der Waals surface area contributed by atoms with E-state index in [4.69, 9.17) is 4.42 Å². The molecule has 3 heterocycles.